The summed E-state index contributed by atoms with van der Waals surface area (Å²) >= 11 is 0. The molecule has 1 aromatic heterocycles. The molecular formula is C11H10FN3. The molecule has 1 aliphatic rings. The van der Waals surface area contributed by atoms with Crippen molar-refractivity contribution in [3.63, 3.8) is 0 Å². The summed E-state index contributed by atoms with van der Waals surface area (Å²) < 4.78 is 14.6. The molecule has 1 N–H and O–H groups in total. The normalized spacial score (nSPS) is 14.2. The Kier molecular flexibility index (Phi) is 1.82. The Labute approximate surface area is 86.5 Å². The molecule has 4 heteroatoms. The van der Waals surface area contributed by atoms with Crippen LogP contribution in [-0.4, -0.2) is 9.78 Å². The highest BCUT2D eigenvalue weighted by Gasteiger charge is 2.16. The Morgan fingerprint density at radius 2 is 2.00 bits per heavy atom. The summed E-state index contributed by atoms with van der Waals surface area (Å²) in [6.07, 6.45) is 1.86. The maximum atomic E-state index is 12.8. The van der Waals surface area contributed by atoms with Crippen molar-refractivity contribution >= 4 is 0 Å². The van der Waals surface area contributed by atoms with Crippen molar-refractivity contribution in [2.75, 3.05) is 0 Å². The Balaban J connectivity index is 2.09. The van der Waals surface area contributed by atoms with Crippen LogP contribution in [0, 0.1) is 5.82 Å². The van der Waals surface area contributed by atoms with Crippen molar-refractivity contribution in [3.8, 4) is 5.69 Å². The molecule has 15 heavy (non-hydrogen) atoms. The first-order valence-corrected chi connectivity index (χ1v) is 4.87. The third-order valence-electron chi connectivity index (χ3n) is 2.63. The Hall–Kier alpha value is -1.68. The summed E-state index contributed by atoms with van der Waals surface area (Å²) in [5.41, 5.74) is 3.29. The molecular weight excluding hydrogens is 193 g/mol. The fourth-order valence-corrected chi connectivity index (χ4v) is 1.86. The number of fused-ring (bicyclic) bond motifs is 1. The second kappa shape index (κ2) is 3.17. The number of rotatable bonds is 1. The van der Waals surface area contributed by atoms with Gasteiger partial charge in [-0.1, -0.05) is 0 Å². The Morgan fingerprint density at radius 1 is 1.20 bits per heavy atom. The van der Waals surface area contributed by atoms with Crippen molar-refractivity contribution in [3.05, 3.63) is 47.5 Å². The molecule has 0 spiro atoms. The number of hydrogen-bond acceptors (Lipinski definition) is 2. The lowest BCUT2D eigenvalue weighted by Gasteiger charge is -2.04. The molecule has 0 fully saturated rings. The fourth-order valence-electron chi connectivity index (χ4n) is 1.86. The first kappa shape index (κ1) is 8.61. The van der Waals surface area contributed by atoms with Gasteiger partial charge in [0.15, 0.2) is 0 Å². The van der Waals surface area contributed by atoms with E-state index < -0.39 is 0 Å². The quantitative estimate of drug-likeness (QED) is 0.763. The molecule has 0 atom stereocenters. The van der Waals surface area contributed by atoms with Crippen LogP contribution in [-0.2, 0) is 13.1 Å². The maximum absolute atomic E-state index is 12.8. The molecule has 0 saturated carbocycles. The first-order valence-electron chi connectivity index (χ1n) is 4.87. The van der Waals surface area contributed by atoms with E-state index >= 15 is 0 Å². The topological polar surface area (TPSA) is 29.9 Å². The minimum atomic E-state index is -0.222. The van der Waals surface area contributed by atoms with Gasteiger partial charge in [-0.2, -0.15) is 5.10 Å². The van der Waals surface area contributed by atoms with E-state index in [0.29, 0.717) is 0 Å². The highest BCUT2D eigenvalue weighted by molar-refractivity contribution is 5.36. The zero-order valence-electron chi connectivity index (χ0n) is 8.07. The molecule has 0 radical (unpaired) electrons. The van der Waals surface area contributed by atoms with Gasteiger partial charge < -0.3 is 5.32 Å². The van der Waals surface area contributed by atoms with Gasteiger partial charge >= 0.3 is 0 Å². The average molecular weight is 203 g/mol. The lowest BCUT2D eigenvalue weighted by molar-refractivity contribution is 0.626. The zero-order valence-corrected chi connectivity index (χ0v) is 8.07. The van der Waals surface area contributed by atoms with Gasteiger partial charge in [0.25, 0.3) is 0 Å². The number of aromatic nitrogens is 2. The van der Waals surface area contributed by atoms with Crippen LogP contribution in [0.3, 0.4) is 0 Å². The standard InChI is InChI=1S/C11H10FN3/c12-9-1-3-10(4-2-9)15-11-7-13-5-8(11)6-14-15/h1-4,6,13H,5,7H2. The van der Waals surface area contributed by atoms with Crippen LogP contribution in [0.25, 0.3) is 5.69 Å². The summed E-state index contributed by atoms with van der Waals surface area (Å²) in [6, 6.07) is 6.37. The van der Waals surface area contributed by atoms with Crippen molar-refractivity contribution in [1.29, 1.82) is 0 Å². The smallest absolute Gasteiger partial charge is 0.123 e. The van der Waals surface area contributed by atoms with Gasteiger partial charge in [-0.05, 0) is 24.3 Å². The molecule has 1 aliphatic heterocycles. The third kappa shape index (κ3) is 1.34. The van der Waals surface area contributed by atoms with E-state index in [-0.39, 0.29) is 5.82 Å². The first-order chi connectivity index (χ1) is 7.34. The van der Waals surface area contributed by atoms with Gasteiger partial charge in [0.05, 0.1) is 17.6 Å². The van der Waals surface area contributed by atoms with Gasteiger partial charge in [-0.15, -0.1) is 0 Å². The molecule has 76 valence electrons. The monoisotopic (exact) mass is 203 g/mol. The lowest BCUT2D eigenvalue weighted by atomic mass is 10.3. The van der Waals surface area contributed by atoms with Gasteiger partial charge in [0, 0.05) is 18.7 Å². The summed E-state index contributed by atoms with van der Waals surface area (Å²) in [5, 5.41) is 7.55. The number of nitrogens with one attached hydrogen (secondary N) is 1. The van der Waals surface area contributed by atoms with Crippen LogP contribution >= 0.6 is 0 Å². The van der Waals surface area contributed by atoms with E-state index in [1.165, 1.54) is 23.4 Å². The van der Waals surface area contributed by atoms with E-state index in [1.807, 2.05) is 10.9 Å². The van der Waals surface area contributed by atoms with Crippen LogP contribution < -0.4 is 5.32 Å². The number of hydrogen-bond donors (Lipinski definition) is 1. The average Bonchev–Trinajstić information content (AvgIpc) is 2.80. The van der Waals surface area contributed by atoms with Crippen molar-refractivity contribution in [2.45, 2.75) is 13.1 Å². The van der Waals surface area contributed by atoms with Crippen LogP contribution in [0.5, 0.6) is 0 Å². The van der Waals surface area contributed by atoms with E-state index in [4.69, 9.17) is 0 Å². The number of halogens is 1. The summed E-state index contributed by atoms with van der Waals surface area (Å²) in [4.78, 5) is 0. The summed E-state index contributed by atoms with van der Waals surface area (Å²) in [6.45, 7) is 1.70. The van der Waals surface area contributed by atoms with Crippen molar-refractivity contribution in [2.24, 2.45) is 0 Å². The highest BCUT2D eigenvalue weighted by Crippen LogP contribution is 2.18. The van der Waals surface area contributed by atoms with E-state index in [0.717, 1.165) is 18.8 Å². The molecule has 1 aromatic carbocycles. The summed E-state index contributed by atoms with van der Waals surface area (Å²) in [5.74, 6) is -0.222. The van der Waals surface area contributed by atoms with Gasteiger partial charge in [-0.3, -0.25) is 0 Å². The van der Waals surface area contributed by atoms with E-state index in [2.05, 4.69) is 10.4 Å². The van der Waals surface area contributed by atoms with Crippen LogP contribution in [0.15, 0.2) is 30.5 Å². The maximum Gasteiger partial charge on any atom is 0.123 e. The second-order valence-corrected chi connectivity index (χ2v) is 3.61. The molecule has 0 unspecified atom stereocenters. The van der Waals surface area contributed by atoms with Crippen LogP contribution in [0.2, 0.25) is 0 Å². The van der Waals surface area contributed by atoms with Gasteiger partial charge in [0.2, 0.25) is 0 Å². The molecule has 2 heterocycles. The Morgan fingerprint density at radius 3 is 2.80 bits per heavy atom. The molecule has 0 amide bonds. The minimum absolute atomic E-state index is 0.222. The Bertz CT molecular complexity index is 487. The molecule has 3 nitrogen and oxygen atoms in total. The summed E-state index contributed by atoms with van der Waals surface area (Å²) in [7, 11) is 0. The number of benzene rings is 1. The minimum Gasteiger partial charge on any atom is -0.307 e. The number of nitrogens with zero attached hydrogens (tertiary/aromatic N) is 2. The largest absolute Gasteiger partial charge is 0.307 e. The van der Waals surface area contributed by atoms with Crippen molar-refractivity contribution in [1.82, 2.24) is 15.1 Å². The van der Waals surface area contributed by atoms with Crippen LogP contribution in [0.4, 0.5) is 4.39 Å². The van der Waals surface area contributed by atoms with Gasteiger partial charge in [-0.25, -0.2) is 9.07 Å². The molecule has 0 bridgehead atoms. The second-order valence-electron chi connectivity index (χ2n) is 3.61. The zero-order chi connectivity index (χ0) is 10.3. The van der Waals surface area contributed by atoms with E-state index in [1.54, 1.807) is 12.1 Å². The lowest BCUT2D eigenvalue weighted by Crippen LogP contribution is -2.07. The highest BCUT2D eigenvalue weighted by atomic mass is 19.1. The van der Waals surface area contributed by atoms with E-state index in [9.17, 15) is 4.39 Å². The molecule has 0 aliphatic carbocycles. The fraction of sp³-hybridized carbons (Fsp3) is 0.182. The molecule has 2 aromatic rings. The SMILES string of the molecule is Fc1ccc(-n2ncc3c2CNC3)cc1. The molecule has 3 rings (SSSR count). The predicted molar refractivity (Wildman–Crippen MR) is 54.1 cm³/mol. The molecule has 0 saturated heterocycles. The van der Waals surface area contributed by atoms with Crippen LogP contribution in [0.1, 0.15) is 11.3 Å². The third-order valence-corrected chi connectivity index (χ3v) is 2.63. The predicted octanol–water partition coefficient (Wildman–Crippen LogP) is 1.61. The van der Waals surface area contributed by atoms with Gasteiger partial charge in [0.1, 0.15) is 5.82 Å². The van der Waals surface area contributed by atoms with Crippen molar-refractivity contribution < 1.29 is 4.39 Å².